The summed E-state index contributed by atoms with van der Waals surface area (Å²) in [6.07, 6.45) is 0.689. The van der Waals surface area contributed by atoms with E-state index in [9.17, 15) is 4.79 Å². The van der Waals surface area contributed by atoms with E-state index in [2.05, 4.69) is 15.3 Å². The second kappa shape index (κ2) is 7.15. The molecule has 0 saturated carbocycles. The van der Waals surface area contributed by atoms with Crippen LogP contribution in [0.1, 0.15) is 35.4 Å². The Hall–Kier alpha value is -2.54. The van der Waals surface area contributed by atoms with Gasteiger partial charge in [0.2, 0.25) is 0 Å². The van der Waals surface area contributed by atoms with E-state index in [1.54, 1.807) is 7.11 Å². The first kappa shape index (κ1) is 16.8. The SMILES string of the molecule is CCC(NC(=O)c1nc(Cl)c(N)nc1N)c1ccc(OC)cc1. The normalized spacial score (nSPS) is 11.8. The van der Waals surface area contributed by atoms with Crippen LogP contribution < -0.4 is 21.5 Å². The molecule has 8 heteroatoms. The quantitative estimate of drug-likeness (QED) is 0.771. The summed E-state index contributed by atoms with van der Waals surface area (Å²) in [4.78, 5) is 20.1. The first-order valence-electron chi connectivity index (χ1n) is 6.99. The lowest BCUT2D eigenvalue weighted by Crippen LogP contribution is -2.30. The third-order valence-corrected chi connectivity index (χ3v) is 3.63. The molecule has 5 N–H and O–H groups in total. The Morgan fingerprint density at radius 1 is 1.26 bits per heavy atom. The Balaban J connectivity index is 2.21. The van der Waals surface area contributed by atoms with Crippen molar-refractivity contribution in [1.29, 1.82) is 0 Å². The molecule has 7 nitrogen and oxygen atoms in total. The standard InChI is InChI=1S/C15H18ClN5O2/c1-3-10(8-4-6-9(23-2)7-5-8)19-15(22)11-13(17)21-14(18)12(16)20-11/h4-7,10H,3H2,1-2H3,(H,19,22)(H4,17,18,21). The summed E-state index contributed by atoms with van der Waals surface area (Å²) in [5.74, 6) is 0.215. The summed E-state index contributed by atoms with van der Waals surface area (Å²) in [5.41, 5.74) is 12.1. The fourth-order valence-electron chi connectivity index (χ4n) is 2.09. The second-order valence-electron chi connectivity index (χ2n) is 4.84. The minimum atomic E-state index is -0.459. The number of anilines is 2. The molecule has 0 aliphatic rings. The minimum Gasteiger partial charge on any atom is -0.497 e. The number of benzene rings is 1. The predicted octanol–water partition coefficient (Wildman–Crippen LogP) is 2.18. The number of ether oxygens (including phenoxy) is 1. The number of nitrogens with two attached hydrogens (primary N) is 2. The molecule has 0 saturated heterocycles. The van der Waals surface area contributed by atoms with Gasteiger partial charge in [0.25, 0.3) is 5.91 Å². The van der Waals surface area contributed by atoms with Crippen molar-refractivity contribution in [1.82, 2.24) is 15.3 Å². The summed E-state index contributed by atoms with van der Waals surface area (Å²) >= 11 is 5.80. The molecule has 0 aliphatic heterocycles. The molecule has 1 heterocycles. The number of nitrogens with one attached hydrogen (secondary N) is 1. The van der Waals surface area contributed by atoms with Gasteiger partial charge in [0.05, 0.1) is 13.2 Å². The van der Waals surface area contributed by atoms with Gasteiger partial charge in [-0.15, -0.1) is 0 Å². The average molecular weight is 336 g/mol. The first-order valence-corrected chi connectivity index (χ1v) is 7.37. The predicted molar refractivity (Wildman–Crippen MR) is 89.4 cm³/mol. The van der Waals surface area contributed by atoms with Gasteiger partial charge >= 0.3 is 0 Å². The Bertz CT molecular complexity index is 706. The van der Waals surface area contributed by atoms with E-state index in [0.717, 1.165) is 11.3 Å². The van der Waals surface area contributed by atoms with E-state index >= 15 is 0 Å². The highest BCUT2D eigenvalue weighted by Crippen LogP contribution is 2.22. The number of amides is 1. The zero-order valence-electron chi connectivity index (χ0n) is 12.8. The Kier molecular flexibility index (Phi) is 5.23. The topological polar surface area (TPSA) is 116 Å². The van der Waals surface area contributed by atoms with Gasteiger partial charge in [0, 0.05) is 0 Å². The van der Waals surface area contributed by atoms with Crippen LogP contribution in [-0.2, 0) is 0 Å². The van der Waals surface area contributed by atoms with E-state index < -0.39 is 5.91 Å². The van der Waals surface area contributed by atoms with Gasteiger partial charge in [-0.05, 0) is 24.1 Å². The first-order chi connectivity index (χ1) is 11.0. The lowest BCUT2D eigenvalue weighted by Gasteiger charge is -2.18. The van der Waals surface area contributed by atoms with E-state index in [1.807, 2.05) is 31.2 Å². The molecule has 2 aromatic rings. The summed E-state index contributed by atoms with van der Waals surface area (Å²) in [5, 5.41) is 2.81. The highest BCUT2D eigenvalue weighted by molar-refractivity contribution is 6.31. The monoisotopic (exact) mass is 335 g/mol. The van der Waals surface area contributed by atoms with E-state index in [0.29, 0.717) is 6.42 Å². The van der Waals surface area contributed by atoms with Crippen LogP contribution in [0.15, 0.2) is 24.3 Å². The molecule has 1 aromatic carbocycles. The van der Waals surface area contributed by atoms with Crippen LogP contribution >= 0.6 is 11.6 Å². The van der Waals surface area contributed by atoms with Crippen molar-refractivity contribution < 1.29 is 9.53 Å². The highest BCUT2D eigenvalue weighted by Gasteiger charge is 2.19. The zero-order chi connectivity index (χ0) is 17.0. The summed E-state index contributed by atoms with van der Waals surface area (Å²) in [6, 6.07) is 7.24. The number of aromatic nitrogens is 2. The number of carbonyl (C=O) groups is 1. The molecule has 0 spiro atoms. The maximum Gasteiger partial charge on any atom is 0.274 e. The Morgan fingerprint density at radius 3 is 2.48 bits per heavy atom. The third-order valence-electron chi connectivity index (χ3n) is 3.35. The van der Waals surface area contributed by atoms with E-state index in [-0.39, 0.29) is 28.5 Å². The van der Waals surface area contributed by atoms with Crippen LogP contribution in [0.25, 0.3) is 0 Å². The maximum absolute atomic E-state index is 12.4. The van der Waals surface area contributed by atoms with Gasteiger partial charge in [-0.25, -0.2) is 9.97 Å². The third kappa shape index (κ3) is 3.81. The molecular weight excluding hydrogens is 318 g/mol. The number of rotatable bonds is 5. The highest BCUT2D eigenvalue weighted by atomic mass is 35.5. The number of halogens is 1. The number of methoxy groups -OCH3 is 1. The molecular formula is C15H18ClN5O2. The molecule has 1 aromatic heterocycles. The van der Waals surface area contributed by atoms with Crippen LogP contribution in [0.3, 0.4) is 0 Å². The van der Waals surface area contributed by atoms with Gasteiger partial charge in [-0.3, -0.25) is 4.79 Å². The lowest BCUT2D eigenvalue weighted by atomic mass is 10.0. The van der Waals surface area contributed by atoms with Gasteiger partial charge in [-0.2, -0.15) is 0 Å². The van der Waals surface area contributed by atoms with Crippen LogP contribution in [0, 0.1) is 0 Å². The van der Waals surface area contributed by atoms with Crippen molar-refractivity contribution in [3.05, 3.63) is 40.7 Å². The fourth-order valence-corrected chi connectivity index (χ4v) is 2.22. The summed E-state index contributed by atoms with van der Waals surface area (Å²) < 4.78 is 5.12. The fraction of sp³-hybridized carbons (Fsp3) is 0.267. The lowest BCUT2D eigenvalue weighted by molar-refractivity contribution is 0.0931. The number of nitrogens with zero attached hydrogens (tertiary/aromatic N) is 2. The van der Waals surface area contributed by atoms with Crippen molar-refractivity contribution in [2.75, 3.05) is 18.6 Å². The van der Waals surface area contributed by atoms with Crippen molar-refractivity contribution in [2.45, 2.75) is 19.4 Å². The van der Waals surface area contributed by atoms with E-state index in [1.165, 1.54) is 0 Å². The molecule has 0 aliphatic carbocycles. The van der Waals surface area contributed by atoms with Gasteiger partial charge in [0.15, 0.2) is 22.5 Å². The van der Waals surface area contributed by atoms with Crippen LogP contribution in [-0.4, -0.2) is 23.0 Å². The van der Waals surface area contributed by atoms with Crippen molar-refractivity contribution in [2.24, 2.45) is 0 Å². The average Bonchev–Trinajstić information content (AvgIpc) is 2.56. The molecule has 0 fully saturated rings. The second-order valence-corrected chi connectivity index (χ2v) is 5.20. The van der Waals surface area contributed by atoms with Gasteiger partial charge < -0.3 is 21.5 Å². The van der Waals surface area contributed by atoms with Crippen molar-refractivity contribution in [3.63, 3.8) is 0 Å². The van der Waals surface area contributed by atoms with E-state index in [4.69, 9.17) is 27.8 Å². The number of nitrogen functional groups attached to an aromatic ring is 2. The molecule has 122 valence electrons. The Morgan fingerprint density at radius 2 is 1.91 bits per heavy atom. The molecule has 1 amide bonds. The molecule has 23 heavy (non-hydrogen) atoms. The molecule has 2 rings (SSSR count). The molecule has 1 unspecified atom stereocenters. The van der Waals surface area contributed by atoms with Crippen LogP contribution in [0.2, 0.25) is 5.15 Å². The number of hydrogen-bond donors (Lipinski definition) is 3. The van der Waals surface area contributed by atoms with Crippen molar-refractivity contribution >= 4 is 29.1 Å². The molecule has 1 atom stereocenters. The number of hydrogen-bond acceptors (Lipinski definition) is 6. The van der Waals surface area contributed by atoms with Crippen LogP contribution in [0.5, 0.6) is 5.75 Å². The number of carbonyl (C=O) groups excluding carboxylic acids is 1. The smallest absolute Gasteiger partial charge is 0.274 e. The van der Waals surface area contributed by atoms with Gasteiger partial charge in [0.1, 0.15) is 5.75 Å². The summed E-state index contributed by atoms with van der Waals surface area (Å²) in [6.45, 7) is 1.96. The Labute approximate surface area is 139 Å². The molecule has 0 radical (unpaired) electrons. The minimum absolute atomic E-state index is 0.0112. The molecule has 0 bridgehead atoms. The maximum atomic E-state index is 12.4. The largest absolute Gasteiger partial charge is 0.497 e. The summed E-state index contributed by atoms with van der Waals surface area (Å²) in [7, 11) is 1.60. The van der Waals surface area contributed by atoms with Crippen LogP contribution in [0.4, 0.5) is 11.6 Å². The van der Waals surface area contributed by atoms with Gasteiger partial charge in [-0.1, -0.05) is 30.7 Å². The van der Waals surface area contributed by atoms with Crippen molar-refractivity contribution in [3.8, 4) is 5.75 Å². The zero-order valence-corrected chi connectivity index (χ0v) is 13.6.